The van der Waals surface area contributed by atoms with Gasteiger partial charge in [0.05, 0.1) is 6.54 Å². The third-order valence-corrected chi connectivity index (χ3v) is 4.43. The van der Waals surface area contributed by atoms with Gasteiger partial charge < -0.3 is 19.9 Å². The minimum atomic E-state index is -0.242. The lowest BCUT2D eigenvalue weighted by molar-refractivity contribution is 0.0990. The summed E-state index contributed by atoms with van der Waals surface area (Å²) in [7, 11) is 0. The first kappa shape index (κ1) is 15.4. The summed E-state index contributed by atoms with van der Waals surface area (Å²) in [6.45, 7) is 5.05. The van der Waals surface area contributed by atoms with Gasteiger partial charge in [-0.3, -0.25) is 4.79 Å². The highest BCUT2D eigenvalue weighted by Gasteiger charge is 2.28. The fraction of sp³-hybridized carbons (Fsp3) is 0.278. The van der Waals surface area contributed by atoms with E-state index in [1.165, 1.54) is 6.33 Å². The summed E-state index contributed by atoms with van der Waals surface area (Å²) in [4.78, 5) is 22.6. The Morgan fingerprint density at radius 3 is 2.88 bits per heavy atom. The van der Waals surface area contributed by atoms with E-state index in [0.29, 0.717) is 19.2 Å². The summed E-state index contributed by atoms with van der Waals surface area (Å²) in [5.41, 5.74) is 8.05. The van der Waals surface area contributed by atoms with Crippen LogP contribution in [0, 0.1) is 0 Å². The molecule has 4 rings (SSSR count). The molecule has 7 nitrogen and oxygen atoms in total. The number of nitrogens with two attached hydrogens (primary N) is 1. The largest absolute Gasteiger partial charge is 0.475 e. The average molecular weight is 337 g/mol. The van der Waals surface area contributed by atoms with E-state index in [1.807, 2.05) is 18.2 Å². The normalized spacial score (nSPS) is 14.5. The summed E-state index contributed by atoms with van der Waals surface area (Å²) in [6.07, 6.45) is 3.37. The van der Waals surface area contributed by atoms with Crippen molar-refractivity contribution >= 4 is 28.3 Å². The molecule has 0 saturated heterocycles. The predicted octanol–water partition coefficient (Wildman–Crippen LogP) is 2.63. The van der Waals surface area contributed by atoms with Crippen LogP contribution in [-0.2, 0) is 0 Å². The monoisotopic (exact) mass is 337 g/mol. The van der Waals surface area contributed by atoms with E-state index in [4.69, 9.17) is 10.5 Å². The molecule has 1 aromatic carbocycles. The topological polar surface area (TPSA) is 86.3 Å². The number of nitrogens with zero attached hydrogens (tertiary/aromatic N) is 4. The standard InChI is InChI=1S/C18H19N5O2/c1-11(2)22-6-5-12-9-13(3-4-14(12)22)23-7-8-25-17-15(18(23)24)16(19)20-10-21-17/h3-6,9-11H,7-8H2,1-2H3,(H2,19,20,21). The van der Waals surface area contributed by atoms with Gasteiger partial charge in [0.2, 0.25) is 5.88 Å². The van der Waals surface area contributed by atoms with Crippen LogP contribution in [0.15, 0.2) is 36.8 Å². The minimum absolute atomic E-state index is 0.133. The van der Waals surface area contributed by atoms with Crippen molar-refractivity contribution in [1.82, 2.24) is 14.5 Å². The molecule has 0 bridgehead atoms. The van der Waals surface area contributed by atoms with Crippen molar-refractivity contribution in [3.63, 3.8) is 0 Å². The van der Waals surface area contributed by atoms with Gasteiger partial charge in [0, 0.05) is 28.8 Å². The fourth-order valence-corrected chi connectivity index (χ4v) is 3.18. The third kappa shape index (κ3) is 2.48. The van der Waals surface area contributed by atoms with Crippen LogP contribution >= 0.6 is 0 Å². The van der Waals surface area contributed by atoms with Gasteiger partial charge in [0.1, 0.15) is 24.3 Å². The van der Waals surface area contributed by atoms with Crippen molar-refractivity contribution < 1.29 is 9.53 Å². The first-order valence-electron chi connectivity index (χ1n) is 8.22. The van der Waals surface area contributed by atoms with Crippen LogP contribution in [0.5, 0.6) is 5.88 Å². The van der Waals surface area contributed by atoms with Gasteiger partial charge in [-0.1, -0.05) is 0 Å². The summed E-state index contributed by atoms with van der Waals surface area (Å²) in [6, 6.07) is 8.43. The molecule has 0 radical (unpaired) electrons. The van der Waals surface area contributed by atoms with Crippen molar-refractivity contribution in [2.45, 2.75) is 19.9 Å². The zero-order valence-corrected chi connectivity index (χ0v) is 14.1. The molecule has 0 atom stereocenters. The molecule has 1 aliphatic heterocycles. The fourth-order valence-electron chi connectivity index (χ4n) is 3.18. The first-order valence-corrected chi connectivity index (χ1v) is 8.22. The third-order valence-electron chi connectivity index (χ3n) is 4.43. The van der Waals surface area contributed by atoms with Crippen LogP contribution in [-0.4, -0.2) is 33.6 Å². The number of fused-ring (bicyclic) bond motifs is 2. The second-order valence-electron chi connectivity index (χ2n) is 6.30. The van der Waals surface area contributed by atoms with Gasteiger partial charge in [0.25, 0.3) is 5.91 Å². The van der Waals surface area contributed by atoms with Crippen LogP contribution in [0.4, 0.5) is 11.5 Å². The molecule has 2 aromatic heterocycles. The molecule has 0 fully saturated rings. The van der Waals surface area contributed by atoms with Crippen LogP contribution in [0.1, 0.15) is 30.2 Å². The number of ether oxygens (including phenoxy) is 1. The van der Waals surface area contributed by atoms with E-state index in [-0.39, 0.29) is 23.2 Å². The van der Waals surface area contributed by atoms with Gasteiger partial charge in [-0.25, -0.2) is 9.97 Å². The molecular formula is C18H19N5O2. The molecule has 0 aliphatic carbocycles. The zero-order valence-electron chi connectivity index (χ0n) is 14.1. The Hall–Kier alpha value is -3.09. The van der Waals surface area contributed by atoms with Crippen molar-refractivity contribution in [2.24, 2.45) is 0 Å². The van der Waals surface area contributed by atoms with Crippen molar-refractivity contribution in [3.05, 3.63) is 42.4 Å². The van der Waals surface area contributed by atoms with Gasteiger partial charge in [-0.15, -0.1) is 0 Å². The molecular weight excluding hydrogens is 318 g/mol. The molecule has 3 heterocycles. The highest BCUT2D eigenvalue weighted by atomic mass is 16.5. The molecule has 25 heavy (non-hydrogen) atoms. The van der Waals surface area contributed by atoms with E-state index >= 15 is 0 Å². The number of carbonyl (C=O) groups excluding carboxylic acids is 1. The number of hydrogen-bond acceptors (Lipinski definition) is 5. The SMILES string of the molecule is CC(C)n1ccc2cc(N3CCOc4ncnc(N)c4C3=O)ccc21. The molecule has 7 heteroatoms. The second-order valence-corrected chi connectivity index (χ2v) is 6.30. The van der Waals surface area contributed by atoms with E-state index in [1.54, 1.807) is 4.90 Å². The van der Waals surface area contributed by atoms with Crippen molar-refractivity contribution in [2.75, 3.05) is 23.8 Å². The summed E-state index contributed by atoms with van der Waals surface area (Å²) in [5, 5.41) is 1.08. The van der Waals surface area contributed by atoms with Crippen LogP contribution < -0.4 is 15.4 Å². The van der Waals surface area contributed by atoms with E-state index < -0.39 is 0 Å². The Bertz CT molecular complexity index is 963. The number of benzene rings is 1. The van der Waals surface area contributed by atoms with Crippen LogP contribution in [0.25, 0.3) is 10.9 Å². The maximum Gasteiger partial charge on any atom is 0.267 e. The Labute approximate surface area is 145 Å². The smallest absolute Gasteiger partial charge is 0.267 e. The number of nitrogen functional groups attached to an aromatic ring is 1. The Balaban J connectivity index is 1.78. The van der Waals surface area contributed by atoms with E-state index in [2.05, 4.69) is 40.6 Å². The number of carbonyl (C=O) groups is 1. The van der Waals surface area contributed by atoms with Gasteiger partial charge in [-0.05, 0) is 38.1 Å². The molecule has 2 N–H and O–H groups in total. The number of amides is 1. The highest BCUT2D eigenvalue weighted by Crippen LogP contribution is 2.30. The maximum atomic E-state index is 13.0. The Morgan fingerprint density at radius 2 is 2.08 bits per heavy atom. The van der Waals surface area contributed by atoms with E-state index in [0.717, 1.165) is 16.6 Å². The number of aromatic nitrogens is 3. The summed E-state index contributed by atoms with van der Waals surface area (Å²) in [5.74, 6) is 0.134. The van der Waals surface area contributed by atoms with Crippen molar-refractivity contribution in [3.8, 4) is 5.88 Å². The molecule has 1 aliphatic rings. The minimum Gasteiger partial charge on any atom is -0.475 e. The molecule has 1 amide bonds. The van der Waals surface area contributed by atoms with Gasteiger partial charge in [0.15, 0.2) is 0 Å². The molecule has 3 aromatic rings. The lowest BCUT2D eigenvalue weighted by Crippen LogP contribution is -2.32. The number of rotatable bonds is 2. The Morgan fingerprint density at radius 1 is 1.24 bits per heavy atom. The molecule has 0 saturated carbocycles. The summed E-state index contributed by atoms with van der Waals surface area (Å²) >= 11 is 0. The average Bonchev–Trinajstić information content (AvgIpc) is 2.93. The Kier molecular flexibility index (Phi) is 3.56. The van der Waals surface area contributed by atoms with Crippen LogP contribution in [0.2, 0.25) is 0 Å². The number of anilines is 2. The lowest BCUT2D eigenvalue weighted by atomic mass is 10.2. The summed E-state index contributed by atoms with van der Waals surface area (Å²) < 4.78 is 7.78. The van der Waals surface area contributed by atoms with Crippen LogP contribution in [0.3, 0.4) is 0 Å². The van der Waals surface area contributed by atoms with Crippen molar-refractivity contribution in [1.29, 1.82) is 0 Å². The first-order chi connectivity index (χ1) is 12.1. The number of hydrogen-bond donors (Lipinski definition) is 1. The van der Waals surface area contributed by atoms with Gasteiger partial charge >= 0.3 is 0 Å². The van der Waals surface area contributed by atoms with E-state index in [9.17, 15) is 4.79 Å². The predicted molar refractivity (Wildman–Crippen MR) is 95.9 cm³/mol. The van der Waals surface area contributed by atoms with Gasteiger partial charge in [-0.2, -0.15) is 0 Å². The molecule has 128 valence electrons. The second kappa shape index (κ2) is 5.77. The quantitative estimate of drug-likeness (QED) is 0.777. The molecule has 0 unspecified atom stereocenters. The zero-order chi connectivity index (χ0) is 17.6. The highest BCUT2D eigenvalue weighted by molar-refractivity contribution is 6.11. The maximum absolute atomic E-state index is 13.0. The molecule has 0 spiro atoms. The lowest BCUT2D eigenvalue weighted by Gasteiger charge is -2.20.